The summed E-state index contributed by atoms with van der Waals surface area (Å²) in [5, 5.41) is 6.62. The molecule has 0 aromatic heterocycles. The molecule has 50 heavy (non-hydrogen) atoms. The van der Waals surface area contributed by atoms with Crippen molar-refractivity contribution in [3.63, 3.8) is 0 Å². The Labute approximate surface area is 305 Å². The van der Waals surface area contributed by atoms with Crippen LogP contribution in [0.4, 0.5) is 0 Å². The third kappa shape index (κ3) is 15.9. The quantitative estimate of drug-likeness (QED) is 0.0443. The van der Waals surface area contributed by atoms with Crippen molar-refractivity contribution < 1.29 is 23.2 Å². The van der Waals surface area contributed by atoms with Gasteiger partial charge in [-0.3, -0.25) is 20.2 Å². The minimum atomic E-state index is -2.96. The highest BCUT2D eigenvalue weighted by Crippen LogP contribution is 2.43. The molecule has 0 saturated heterocycles. The molecular formula is C42H68N2O5P+. The number of benzene rings is 2. The predicted molar refractivity (Wildman–Crippen MR) is 207 cm³/mol. The average Bonchev–Trinajstić information content (AvgIpc) is 3.12. The summed E-state index contributed by atoms with van der Waals surface area (Å²) in [5.74, 6) is -0.677. The van der Waals surface area contributed by atoms with E-state index >= 15 is 0 Å². The van der Waals surface area contributed by atoms with Gasteiger partial charge in [-0.05, 0) is 39.8 Å². The molecule has 0 aliphatic heterocycles. The number of hydrogen-bond donors (Lipinski definition) is 2. The predicted octanol–water partition coefficient (Wildman–Crippen LogP) is 11.6. The van der Waals surface area contributed by atoms with Gasteiger partial charge >= 0.3 is 8.25 Å². The number of hydrogen-bond acceptors (Lipinski definition) is 7. The molecule has 0 radical (unpaired) electrons. The highest BCUT2D eigenvalue weighted by molar-refractivity contribution is 7.33. The molecule has 0 heterocycles. The zero-order chi connectivity index (χ0) is 36.3. The third-order valence-electron chi connectivity index (χ3n) is 9.58. The molecule has 0 bridgehead atoms. The number of unbranched alkanes of at least 4 members (excludes halogenated alkanes) is 18. The van der Waals surface area contributed by atoms with Crippen molar-refractivity contribution in [1.82, 2.24) is 10.6 Å². The second kappa shape index (κ2) is 26.5. The van der Waals surface area contributed by atoms with E-state index in [1.54, 1.807) is 24.3 Å². The molecule has 0 aliphatic carbocycles. The third-order valence-corrected chi connectivity index (χ3v) is 10.4. The van der Waals surface area contributed by atoms with Crippen LogP contribution in [0, 0.1) is 0 Å². The summed E-state index contributed by atoms with van der Waals surface area (Å²) < 4.78 is 26.2. The number of rotatable bonds is 32. The van der Waals surface area contributed by atoms with Gasteiger partial charge in [-0.1, -0.05) is 199 Å². The maximum Gasteiger partial charge on any atom is 0.702 e. The lowest BCUT2D eigenvalue weighted by Gasteiger charge is -2.30. The normalized spacial score (nSPS) is 14.2. The summed E-state index contributed by atoms with van der Waals surface area (Å²) in [6, 6.07) is 18.2. The van der Waals surface area contributed by atoms with Crippen molar-refractivity contribution in [3.05, 3.63) is 71.8 Å². The van der Waals surface area contributed by atoms with Crippen LogP contribution in [0.25, 0.3) is 0 Å². The molecule has 2 aromatic rings. The molecule has 2 unspecified atom stereocenters. The molecule has 2 atom stereocenters. The lowest BCUT2D eigenvalue weighted by Crippen LogP contribution is -2.52. The van der Waals surface area contributed by atoms with Crippen molar-refractivity contribution in [2.45, 2.75) is 168 Å². The van der Waals surface area contributed by atoms with Gasteiger partial charge in [-0.25, -0.2) is 0 Å². The maximum absolute atomic E-state index is 14.0. The zero-order valence-electron chi connectivity index (χ0n) is 31.8. The van der Waals surface area contributed by atoms with Gasteiger partial charge in [0.2, 0.25) is 0 Å². The van der Waals surface area contributed by atoms with Gasteiger partial charge in [0.05, 0.1) is 0 Å². The minimum absolute atomic E-state index is 0.339. The Morgan fingerprint density at radius 2 is 0.780 bits per heavy atom. The summed E-state index contributed by atoms with van der Waals surface area (Å²) in [5.41, 5.74) is -2.30. The highest BCUT2D eigenvalue weighted by atomic mass is 31.1. The maximum atomic E-state index is 14.0. The van der Waals surface area contributed by atoms with Crippen LogP contribution >= 0.6 is 8.25 Å². The SMILES string of the molecule is CCCCCCCCCCCCNC(O[P+](=O)OC(NCCCCCCCCCCCC)(C(C)=O)c1ccccc1)(C(C)=O)c1ccccc1. The number of carbonyl (C=O) groups is 2. The Bertz CT molecular complexity index is 1110. The van der Waals surface area contributed by atoms with Gasteiger partial charge in [0, 0.05) is 15.7 Å². The Kier molecular flexibility index (Phi) is 23.2. The van der Waals surface area contributed by atoms with Crippen LogP contribution in [0.5, 0.6) is 0 Å². The topological polar surface area (TPSA) is 93.7 Å². The fourth-order valence-electron chi connectivity index (χ4n) is 6.50. The fraction of sp³-hybridized carbons (Fsp3) is 0.667. The van der Waals surface area contributed by atoms with E-state index < -0.39 is 19.7 Å². The summed E-state index contributed by atoms with van der Waals surface area (Å²) in [6.07, 6.45) is 24.0. The van der Waals surface area contributed by atoms with E-state index in [1.165, 1.54) is 104 Å². The standard InChI is InChI=1S/C42H68N2O5P/c1-5-7-9-11-13-15-17-19-21-29-35-43-41(37(3)45,39-31-25-23-26-32-39)48-50(47)49-42(38(4)46,40-33-27-24-28-34-40)44-36-30-22-20-18-16-14-12-10-8-6-2/h23-28,31-34,43-44H,5-22,29-30,35-36H2,1-4H3/q+1. The van der Waals surface area contributed by atoms with Crippen LogP contribution < -0.4 is 10.6 Å². The first kappa shape index (κ1) is 43.9. The van der Waals surface area contributed by atoms with Gasteiger partial charge in [0.25, 0.3) is 11.4 Å². The van der Waals surface area contributed by atoms with Gasteiger partial charge < -0.3 is 0 Å². The van der Waals surface area contributed by atoms with Crippen molar-refractivity contribution >= 4 is 19.8 Å². The first-order chi connectivity index (χ1) is 24.3. The highest BCUT2D eigenvalue weighted by Gasteiger charge is 2.53. The van der Waals surface area contributed by atoms with Gasteiger partial charge in [0.1, 0.15) is 0 Å². The molecule has 0 saturated carbocycles. The van der Waals surface area contributed by atoms with Crippen molar-refractivity contribution in [2.75, 3.05) is 13.1 Å². The first-order valence-electron chi connectivity index (χ1n) is 19.8. The monoisotopic (exact) mass is 711 g/mol. The lowest BCUT2D eigenvalue weighted by molar-refractivity contribution is -0.142. The van der Waals surface area contributed by atoms with Crippen molar-refractivity contribution in [3.8, 4) is 0 Å². The number of Topliss-reactive ketones (excluding diaryl/α,β-unsaturated/α-hetero) is 2. The van der Waals surface area contributed by atoms with Gasteiger partial charge in [-0.2, -0.15) is 0 Å². The number of carbonyl (C=O) groups excluding carboxylic acids is 2. The number of nitrogens with one attached hydrogen (secondary N) is 2. The fourth-order valence-corrected chi connectivity index (χ4v) is 7.58. The summed E-state index contributed by atoms with van der Waals surface area (Å²) in [6.45, 7) is 8.35. The second-order valence-corrected chi connectivity index (χ2v) is 14.6. The van der Waals surface area contributed by atoms with Crippen molar-refractivity contribution in [2.24, 2.45) is 0 Å². The molecule has 0 aliphatic rings. The van der Waals surface area contributed by atoms with E-state index in [0.717, 1.165) is 38.5 Å². The number of ketones is 2. The van der Waals surface area contributed by atoms with Crippen LogP contribution in [-0.2, 0) is 34.7 Å². The van der Waals surface area contributed by atoms with Crippen LogP contribution in [0.2, 0.25) is 0 Å². The molecule has 2 rings (SSSR count). The molecule has 2 aromatic carbocycles. The Morgan fingerprint density at radius 1 is 0.500 bits per heavy atom. The van der Waals surface area contributed by atoms with E-state index in [9.17, 15) is 14.2 Å². The van der Waals surface area contributed by atoms with E-state index in [2.05, 4.69) is 24.5 Å². The second-order valence-electron chi connectivity index (χ2n) is 13.8. The Hall–Kier alpha value is -2.28. The van der Waals surface area contributed by atoms with Crippen molar-refractivity contribution in [1.29, 1.82) is 0 Å². The van der Waals surface area contributed by atoms with Crippen LogP contribution in [0.1, 0.15) is 167 Å². The van der Waals surface area contributed by atoms with E-state index in [1.807, 2.05) is 36.4 Å². The average molecular weight is 712 g/mol. The van der Waals surface area contributed by atoms with E-state index in [4.69, 9.17) is 9.05 Å². The largest absolute Gasteiger partial charge is 0.702 e. The Morgan fingerprint density at radius 3 is 1.06 bits per heavy atom. The summed E-state index contributed by atoms with van der Waals surface area (Å²) >= 11 is 0. The molecule has 0 amide bonds. The molecule has 2 N–H and O–H groups in total. The van der Waals surface area contributed by atoms with Gasteiger partial charge in [-0.15, -0.1) is 0 Å². The zero-order valence-corrected chi connectivity index (χ0v) is 32.7. The van der Waals surface area contributed by atoms with Crippen LogP contribution in [0.3, 0.4) is 0 Å². The molecule has 7 nitrogen and oxygen atoms in total. The molecular weight excluding hydrogens is 643 g/mol. The first-order valence-corrected chi connectivity index (χ1v) is 20.9. The van der Waals surface area contributed by atoms with Crippen LogP contribution in [0.15, 0.2) is 60.7 Å². The molecule has 280 valence electrons. The molecule has 8 heteroatoms. The van der Waals surface area contributed by atoms with Crippen LogP contribution in [-0.4, -0.2) is 24.7 Å². The minimum Gasteiger partial charge on any atom is -0.295 e. The summed E-state index contributed by atoms with van der Waals surface area (Å²) in [7, 11) is -2.96. The van der Waals surface area contributed by atoms with E-state index in [-0.39, 0.29) is 11.6 Å². The smallest absolute Gasteiger partial charge is 0.295 e. The lowest BCUT2D eigenvalue weighted by atomic mass is 9.98. The molecule has 0 spiro atoms. The summed E-state index contributed by atoms with van der Waals surface area (Å²) in [4.78, 5) is 26.8. The Balaban J connectivity index is 2.08. The molecule has 0 fully saturated rings. The van der Waals surface area contributed by atoms with E-state index in [0.29, 0.717) is 24.2 Å². The van der Waals surface area contributed by atoms with Gasteiger partial charge in [0.15, 0.2) is 11.6 Å².